The molecule has 0 heterocycles. The van der Waals surface area contributed by atoms with E-state index in [1.807, 2.05) is 44.2 Å². The van der Waals surface area contributed by atoms with Crippen LogP contribution in [0.3, 0.4) is 0 Å². The number of hydrogen-bond donors (Lipinski definition) is 1. The molecule has 0 aliphatic heterocycles. The number of carbonyl (C=O) groups excluding carboxylic acids is 2. The number of esters is 1. The van der Waals surface area contributed by atoms with Gasteiger partial charge in [-0.05, 0) is 19.4 Å². The van der Waals surface area contributed by atoms with Crippen molar-refractivity contribution < 1.29 is 23.8 Å². The van der Waals surface area contributed by atoms with E-state index < -0.39 is 18.1 Å². The van der Waals surface area contributed by atoms with Crippen LogP contribution in [0.25, 0.3) is 0 Å². The maximum atomic E-state index is 11.8. The molecule has 0 aliphatic rings. The predicted octanol–water partition coefficient (Wildman–Crippen LogP) is 2.57. The van der Waals surface area contributed by atoms with Crippen molar-refractivity contribution in [3.8, 4) is 0 Å². The lowest BCUT2D eigenvalue weighted by Crippen LogP contribution is -2.43. The molecule has 0 saturated heterocycles. The number of hydrogen-bond acceptors (Lipinski definition) is 6. The highest BCUT2D eigenvalue weighted by molar-refractivity contribution is 7.99. The maximum absolute atomic E-state index is 11.8. The smallest absolute Gasteiger partial charge is 0.408 e. The lowest BCUT2D eigenvalue weighted by Gasteiger charge is -2.18. The Morgan fingerprint density at radius 2 is 1.96 bits per heavy atom. The quantitative estimate of drug-likeness (QED) is 0.550. The third-order valence-corrected chi connectivity index (χ3v) is 4.02. The van der Waals surface area contributed by atoms with Crippen LogP contribution in [-0.4, -0.2) is 43.0 Å². The number of thioether (sulfide) groups is 1. The molecule has 1 aromatic rings. The third-order valence-electron chi connectivity index (χ3n) is 2.89. The Kier molecular flexibility index (Phi) is 9.16. The van der Waals surface area contributed by atoms with E-state index in [1.54, 1.807) is 0 Å². The van der Waals surface area contributed by atoms with E-state index in [1.165, 1.54) is 18.9 Å². The Morgan fingerprint density at radius 3 is 2.57 bits per heavy atom. The molecule has 0 aromatic heterocycles. The average molecular weight is 341 g/mol. The largest absolute Gasteiger partial charge is 0.467 e. The van der Waals surface area contributed by atoms with Crippen LogP contribution in [0.1, 0.15) is 19.4 Å². The van der Waals surface area contributed by atoms with E-state index in [-0.39, 0.29) is 12.0 Å². The van der Waals surface area contributed by atoms with Crippen LogP contribution in [0.2, 0.25) is 0 Å². The highest BCUT2D eigenvalue weighted by atomic mass is 32.2. The number of carbonyl (C=O) groups is 2. The first-order valence-electron chi connectivity index (χ1n) is 7.35. The van der Waals surface area contributed by atoms with Crippen LogP contribution in [0, 0.1) is 0 Å². The lowest BCUT2D eigenvalue weighted by atomic mass is 10.2. The summed E-state index contributed by atoms with van der Waals surface area (Å²) in [6, 6.07) is 8.53. The van der Waals surface area contributed by atoms with Gasteiger partial charge in [0.05, 0.1) is 12.5 Å². The third kappa shape index (κ3) is 7.90. The summed E-state index contributed by atoms with van der Waals surface area (Å²) in [6.07, 6.45) is -0.658. The fourth-order valence-electron chi connectivity index (χ4n) is 1.73. The van der Waals surface area contributed by atoms with E-state index in [9.17, 15) is 9.59 Å². The fraction of sp³-hybridized carbons (Fsp3) is 0.500. The van der Waals surface area contributed by atoms with Crippen molar-refractivity contribution in [2.75, 3.05) is 19.5 Å². The van der Waals surface area contributed by atoms with Gasteiger partial charge in [0, 0.05) is 12.4 Å². The van der Waals surface area contributed by atoms with Crippen LogP contribution in [-0.2, 0) is 25.6 Å². The van der Waals surface area contributed by atoms with Gasteiger partial charge >= 0.3 is 12.1 Å². The maximum Gasteiger partial charge on any atom is 0.408 e. The SMILES string of the molecule is CCOC(C)SC[C@@H](NC(=O)OCc1ccccc1)C(=O)OC. The van der Waals surface area contributed by atoms with Gasteiger partial charge in [-0.2, -0.15) is 0 Å². The average Bonchev–Trinajstić information content (AvgIpc) is 2.57. The standard InChI is InChI=1S/C16H23NO5S/c1-4-21-12(2)23-11-14(15(18)20-3)17-16(19)22-10-13-8-6-5-7-9-13/h5-9,12,14H,4,10-11H2,1-3H3,(H,17,19)/t12?,14-/m1/s1. The van der Waals surface area contributed by atoms with E-state index in [4.69, 9.17) is 14.2 Å². The number of nitrogens with one attached hydrogen (secondary N) is 1. The molecule has 0 spiro atoms. The van der Waals surface area contributed by atoms with Crippen molar-refractivity contribution in [1.82, 2.24) is 5.32 Å². The fourth-order valence-corrected chi connectivity index (χ4v) is 2.65. The number of rotatable bonds is 9. The topological polar surface area (TPSA) is 73.9 Å². The van der Waals surface area contributed by atoms with Gasteiger partial charge in [0.2, 0.25) is 0 Å². The summed E-state index contributed by atoms with van der Waals surface area (Å²) in [5.41, 5.74) is 0.797. The molecule has 128 valence electrons. The summed E-state index contributed by atoms with van der Waals surface area (Å²) in [4.78, 5) is 23.6. The highest BCUT2D eigenvalue weighted by Crippen LogP contribution is 2.13. The molecule has 1 amide bonds. The molecule has 1 rings (SSSR count). The Balaban J connectivity index is 2.45. The summed E-state index contributed by atoms with van der Waals surface area (Å²) in [5, 5.41) is 2.52. The molecule has 2 atom stereocenters. The summed E-state index contributed by atoms with van der Waals surface area (Å²) < 4.78 is 15.2. The number of methoxy groups -OCH3 is 1. The van der Waals surface area contributed by atoms with Crippen molar-refractivity contribution in [1.29, 1.82) is 0 Å². The van der Waals surface area contributed by atoms with Gasteiger partial charge in [0.25, 0.3) is 0 Å². The first kappa shape index (κ1) is 19.3. The second-order valence-electron chi connectivity index (χ2n) is 4.64. The van der Waals surface area contributed by atoms with Gasteiger partial charge in [-0.25, -0.2) is 9.59 Å². The Bertz CT molecular complexity index is 483. The summed E-state index contributed by atoms with van der Waals surface area (Å²) >= 11 is 1.42. The Morgan fingerprint density at radius 1 is 1.26 bits per heavy atom. The van der Waals surface area contributed by atoms with Gasteiger partial charge in [0.15, 0.2) is 0 Å². The molecule has 23 heavy (non-hydrogen) atoms. The normalized spacial score (nSPS) is 13.0. The molecular weight excluding hydrogens is 318 g/mol. The molecular formula is C16H23NO5S. The molecule has 7 heteroatoms. The molecule has 0 bridgehead atoms. The first-order chi connectivity index (χ1) is 11.1. The van der Waals surface area contributed by atoms with E-state index >= 15 is 0 Å². The van der Waals surface area contributed by atoms with E-state index in [0.717, 1.165) is 5.56 Å². The zero-order chi connectivity index (χ0) is 17.1. The summed E-state index contributed by atoms with van der Waals surface area (Å²) in [5.74, 6) is -0.174. The highest BCUT2D eigenvalue weighted by Gasteiger charge is 2.23. The minimum absolute atomic E-state index is 0.0747. The minimum Gasteiger partial charge on any atom is -0.467 e. The zero-order valence-corrected chi connectivity index (χ0v) is 14.4. The molecule has 0 radical (unpaired) electrons. The zero-order valence-electron chi connectivity index (χ0n) is 13.6. The summed E-state index contributed by atoms with van der Waals surface area (Å²) in [6.45, 7) is 4.51. The minimum atomic E-state index is -0.781. The van der Waals surface area contributed by atoms with Crippen molar-refractivity contribution in [3.05, 3.63) is 35.9 Å². The number of benzene rings is 1. The molecule has 6 nitrogen and oxygen atoms in total. The van der Waals surface area contributed by atoms with Crippen LogP contribution in [0.15, 0.2) is 30.3 Å². The van der Waals surface area contributed by atoms with Crippen molar-refractivity contribution in [2.45, 2.75) is 31.9 Å². The lowest BCUT2D eigenvalue weighted by molar-refractivity contribution is -0.142. The molecule has 0 saturated carbocycles. The van der Waals surface area contributed by atoms with Gasteiger partial charge in [-0.15, -0.1) is 11.8 Å². The molecule has 1 aromatic carbocycles. The Labute approximate surface area is 140 Å². The van der Waals surface area contributed by atoms with Gasteiger partial charge < -0.3 is 19.5 Å². The summed E-state index contributed by atoms with van der Waals surface area (Å²) in [7, 11) is 1.28. The molecule has 1 N–H and O–H groups in total. The molecule has 0 fully saturated rings. The first-order valence-corrected chi connectivity index (χ1v) is 8.40. The predicted molar refractivity (Wildman–Crippen MR) is 89.1 cm³/mol. The second kappa shape index (κ2) is 10.9. The van der Waals surface area contributed by atoms with E-state index in [2.05, 4.69) is 5.32 Å². The van der Waals surface area contributed by atoms with Crippen LogP contribution >= 0.6 is 11.8 Å². The van der Waals surface area contributed by atoms with Gasteiger partial charge in [-0.1, -0.05) is 30.3 Å². The number of alkyl carbamates (subject to hydrolysis) is 1. The Hall–Kier alpha value is -1.73. The second-order valence-corrected chi connectivity index (χ2v) is 5.97. The number of amides is 1. The monoisotopic (exact) mass is 341 g/mol. The molecule has 1 unspecified atom stereocenters. The molecule has 0 aliphatic carbocycles. The van der Waals surface area contributed by atoms with Gasteiger partial charge in [-0.3, -0.25) is 0 Å². The van der Waals surface area contributed by atoms with Crippen molar-refractivity contribution in [2.24, 2.45) is 0 Å². The van der Waals surface area contributed by atoms with Crippen LogP contribution in [0.4, 0.5) is 4.79 Å². The van der Waals surface area contributed by atoms with E-state index in [0.29, 0.717) is 12.4 Å². The van der Waals surface area contributed by atoms with Gasteiger partial charge in [0.1, 0.15) is 12.6 Å². The van der Waals surface area contributed by atoms with Crippen molar-refractivity contribution >= 4 is 23.8 Å². The van der Waals surface area contributed by atoms with Crippen LogP contribution < -0.4 is 5.32 Å². The van der Waals surface area contributed by atoms with Crippen LogP contribution in [0.5, 0.6) is 0 Å². The van der Waals surface area contributed by atoms with Crippen molar-refractivity contribution in [3.63, 3.8) is 0 Å². The number of ether oxygens (including phenoxy) is 3.